The monoisotopic (exact) mass is 244 g/mol. The Labute approximate surface area is 103 Å². The number of amides is 2. The van der Waals surface area contributed by atoms with E-state index in [0.29, 0.717) is 6.54 Å². The second kappa shape index (κ2) is 7.92. The van der Waals surface area contributed by atoms with Gasteiger partial charge in [0.05, 0.1) is 0 Å². The lowest BCUT2D eigenvalue weighted by Crippen LogP contribution is -2.49. The third-order valence-corrected chi connectivity index (χ3v) is 2.66. The summed E-state index contributed by atoms with van der Waals surface area (Å²) in [7, 11) is 1.68. The lowest BCUT2D eigenvalue weighted by molar-refractivity contribution is -0.140. The highest BCUT2D eigenvalue weighted by molar-refractivity contribution is 5.82. The molecule has 0 fully saturated rings. The Kier molecular flexibility index (Phi) is 7.34. The molecule has 0 aliphatic carbocycles. The van der Waals surface area contributed by atoms with Crippen molar-refractivity contribution in [2.45, 2.75) is 46.1 Å². The Hall–Kier alpha value is -1.26. The van der Waals surface area contributed by atoms with E-state index in [0.717, 1.165) is 19.3 Å². The van der Waals surface area contributed by atoms with E-state index in [1.54, 1.807) is 20.9 Å². The normalized spacial score (nSPS) is 12.3. The van der Waals surface area contributed by atoms with E-state index in [4.69, 9.17) is 5.11 Å². The molecule has 5 heteroatoms. The van der Waals surface area contributed by atoms with Crippen molar-refractivity contribution in [1.82, 2.24) is 10.2 Å². The van der Waals surface area contributed by atoms with Gasteiger partial charge in [0.25, 0.3) is 0 Å². The number of carboxylic acids is 1. The summed E-state index contributed by atoms with van der Waals surface area (Å²) in [6, 6.07) is -1.14. The fraction of sp³-hybridized carbons (Fsp3) is 0.833. The van der Waals surface area contributed by atoms with E-state index in [-0.39, 0.29) is 11.9 Å². The number of hydrogen-bond acceptors (Lipinski definition) is 2. The zero-order chi connectivity index (χ0) is 13.4. The number of nitrogens with one attached hydrogen (secondary N) is 1. The van der Waals surface area contributed by atoms with Gasteiger partial charge in [0, 0.05) is 13.6 Å². The number of hydrogen-bond donors (Lipinski definition) is 2. The molecule has 2 amide bonds. The van der Waals surface area contributed by atoms with Gasteiger partial charge in [-0.3, -0.25) is 0 Å². The van der Waals surface area contributed by atoms with Gasteiger partial charge in [0.2, 0.25) is 0 Å². The van der Waals surface area contributed by atoms with Crippen LogP contribution in [0.4, 0.5) is 4.79 Å². The molecule has 0 aromatic heterocycles. The van der Waals surface area contributed by atoms with E-state index < -0.39 is 12.0 Å². The highest BCUT2D eigenvalue weighted by Crippen LogP contribution is 2.03. The quantitative estimate of drug-likeness (QED) is 0.672. The summed E-state index contributed by atoms with van der Waals surface area (Å²) in [6.07, 6.45) is 3.11. The zero-order valence-corrected chi connectivity index (χ0v) is 11.2. The average molecular weight is 244 g/mol. The molecule has 0 heterocycles. The number of carbonyl (C=O) groups is 2. The van der Waals surface area contributed by atoms with Gasteiger partial charge >= 0.3 is 12.0 Å². The zero-order valence-electron chi connectivity index (χ0n) is 11.2. The number of nitrogens with zero attached hydrogens (tertiary/aromatic N) is 1. The van der Waals surface area contributed by atoms with Crippen molar-refractivity contribution in [1.29, 1.82) is 0 Å². The van der Waals surface area contributed by atoms with Crippen LogP contribution in [0.1, 0.15) is 40.0 Å². The van der Waals surface area contributed by atoms with Gasteiger partial charge in [0.1, 0.15) is 6.04 Å². The van der Waals surface area contributed by atoms with E-state index >= 15 is 0 Å². The minimum Gasteiger partial charge on any atom is -0.480 e. The molecule has 0 spiro atoms. The van der Waals surface area contributed by atoms with Gasteiger partial charge in [0.15, 0.2) is 0 Å². The van der Waals surface area contributed by atoms with Crippen molar-refractivity contribution in [3.05, 3.63) is 0 Å². The molecule has 0 saturated carbocycles. The summed E-state index contributed by atoms with van der Waals surface area (Å²) in [4.78, 5) is 24.2. The minimum atomic E-state index is -0.990. The van der Waals surface area contributed by atoms with Crippen LogP contribution >= 0.6 is 0 Å². The maximum atomic E-state index is 11.7. The predicted octanol–water partition coefficient (Wildman–Crippen LogP) is 1.93. The molecule has 0 aliphatic rings. The Balaban J connectivity index is 4.16. The van der Waals surface area contributed by atoms with Crippen LogP contribution in [0.2, 0.25) is 0 Å². The van der Waals surface area contributed by atoms with Crippen molar-refractivity contribution < 1.29 is 14.7 Å². The van der Waals surface area contributed by atoms with Crippen molar-refractivity contribution in [2.24, 2.45) is 5.92 Å². The molecule has 17 heavy (non-hydrogen) atoms. The van der Waals surface area contributed by atoms with Gasteiger partial charge < -0.3 is 15.3 Å². The van der Waals surface area contributed by atoms with Crippen LogP contribution in [0.15, 0.2) is 0 Å². The number of rotatable bonds is 7. The summed E-state index contributed by atoms with van der Waals surface area (Å²) in [5.41, 5.74) is 0. The molecule has 0 bridgehead atoms. The number of carbonyl (C=O) groups excluding carboxylic acids is 1. The third-order valence-electron chi connectivity index (χ3n) is 2.66. The average Bonchev–Trinajstić information content (AvgIpc) is 2.24. The molecular formula is C12H24N2O3. The Bertz CT molecular complexity index is 254. The van der Waals surface area contributed by atoms with Gasteiger partial charge in [-0.05, 0) is 12.3 Å². The van der Waals surface area contributed by atoms with Crippen LogP contribution in [0, 0.1) is 5.92 Å². The molecule has 2 N–H and O–H groups in total. The molecule has 0 unspecified atom stereocenters. The number of urea groups is 1. The Morgan fingerprint density at radius 2 is 1.88 bits per heavy atom. The molecule has 0 aliphatic heterocycles. The van der Waals surface area contributed by atoms with Gasteiger partial charge in [-0.15, -0.1) is 0 Å². The Morgan fingerprint density at radius 1 is 1.29 bits per heavy atom. The van der Waals surface area contributed by atoms with E-state index in [1.807, 2.05) is 0 Å². The number of unbranched alkanes of at least 4 members (excludes halogenated alkanes) is 2. The van der Waals surface area contributed by atoms with Crippen LogP contribution < -0.4 is 5.32 Å². The summed E-state index contributed by atoms with van der Waals surface area (Å²) in [6.45, 7) is 6.30. The molecule has 5 nitrogen and oxygen atoms in total. The van der Waals surface area contributed by atoms with Crippen LogP contribution in [-0.2, 0) is 4.79 Å². The fourth-order valence-electron chi connectivity index (χ4n) is 1.46. The first-order valence-corrected chi connectivity index (χ1v) is 6.14. The molecule has 0 aromatic carbocycles. The van der Waals surface area contributed by atoms with Crippen molar-refractivity contribution >= 4 is 12.0 Å². The lowest BCUT2D eigenvalue weighted by atomic mass is 10.1. The highest BCUT2D eigenvalue weighted by atomic mass is 16.4. The molecule has 0 aromatic rings. The smallest absolute Gasteiger partial charge is 0.326 e. The van der Waals surface area contributed by atoms with Crippen LogP contribution in [0.25, 0.3) is 0 Å². The topological polar surface area (TPSA) is 69.6 Å². The maximum absolute atomic E-state index is 11.7. The van der Waals surface area contributed by atoms with Gasteiger partial charge in [-0.1, -0.05) is 33.6 Å². The SMILES string of the molecule is CCCCCN(C)C(=O)N[C@H](C(=O)O)C(C)C. The lowest BCUT2D eigenvalue weighted by Gasteiger charge is -2.23. The molecule has 100 valence electrons. The van der Waals surface area contributed by atoms with E-state index in [1.165, 1.54) is 4.90 Å². The molecule has 0 rings (SSSR count). The largest absolute Gasteiger partial charge is 0.480 e. The second-order valence-electron chi connectivity index (χ2n) is 4.64. The molecule has 0 saturated heterocycles. The third kappa shape index (κ3) is 6.14. The molecular weight excluding hydrogens is 220 g/mol. The maximum Gasteiger partial charge on any atom is 0.326 e. The van der Waals surface area contributed by atoms with Crippen molar-refractivity contribution in [3.63, 3.8) is 0 Å². The predicted molar refractivity (Wildman–Crippen MR) is 66.9 cm³/mol. The van der Waals surface area contributed by atoms with Gasteiger partial charge in [-0.25, -0.2) is 9.59 Å². The van der Waals surface area contributed by atoms with Crippen LogP contribution in [-0.4, -0.2) is 41.6 Å². The van der Waals surface area contributed by atoms with Crippen LogP contribution in [0.3, 0.4) is 0 Å². The first-order valence-electron chi connectivity index (χ1n) is 6.14. The van der Waals surface area contributed by atoms with Crippen molar-refractivity contribution in [2.75, 3.05) is 13.6 Å². The summed E-state index contributed by atoms with van der Waals surface area (Å²) in [5, 5.41) is 11.5. The summed E-state index contributed by atoms with van der Waals surface area (Å²) < 4.78 is 0. The standard InChI is InChI=1S/C12H24N2O3/c1-5-6-7-8-14(4)12(17)13-10(9(2)3)11(15)16/h9-10H,5-8H2,1-4H3,(H,13,17)(H,15,16)/t10-/m0/s1. The fourth-order valence-corrected chi connectivity index (χ4v) is 1.46. The van der Waals surface area contributed by atoms with Crippen molar-refractivity contribution in [3.8, 4) is 0 Å². The first kappa shape index (κ1) is 15.7. The Morgan fingerprint density at radius 3 is 2.29 bits per heavy atom. The van der Waals surface area contributed by atoms with E-state index in [2.05, 4.69) is 12.2 Å². The number of carboxylic acid groups (broad SMARTS) is 1. The first-order chi connectivity index (χ1) is 7.90. The molecule has 0 radical (unpaired) electrons. The van der Waals surface area contributed by atoms with Crippen LogP contribution in [0.5, 0.6) is 0 Å². The second-order valence-corrected chi connectivity index (χ2v) is 4.64. The highest BCUT2D eigenvalue weighted by Gasteiger charge is 2.24. The minimum absolute atomic E-state index is 0.125. The van der Waals surface area contributed by atoms with E-state index in [9.17, 15) is 9.59 Å². The summed E-state index contributed by atoms with van der Waals surface area (Å²) in [5.74, 6) is -1.12. The summed E-state index contributed by atoms with van der Waals surface area (Å²) >= 11 is 0. The molecule has 1 atom stereocenters. The van der Waals surface area contributed by atoms with Gasteiger partial charge in [-0.2, -0.15) is 0 Å². The number of aliphatic carboxylic acids is 1.